The van der Waals surface area contributed by atoms with Gasteiger partial charge in [-0.3, -0.25) is 9.59 Å². The number of halogens is 1. The minimum Gasteiger partial charge on any atom is -0.490 e. The van der Waals surface area contributed by atoms with Crippen LogP contribution in [0.4, 0.5) is 4.39 Å². The van der Waals surface area contributed by atoms with Gasteiger partial charge >= 0.3 is 0 Å². The summed E-state index contributed by atoms with van der Waals surface area (Å²) >= 11 is 0. The predicted molar refractivity (Wildman–Crippen MR) is 169 cm³/mol. The number of ether oxygens (including phenoxy) is 2. The number of aromatic nitrogens is 1. The van der Waals surface area contributed by atoms with Gasteiger partial charge in [0, 0.05) is 49.5 Å². The molecule has 1 aliphatic carbocycles. The minimum atomic E-state index is -1.15. The van der Waals surface area contributed by atoms with Gasteiger partial charge in [0.05, 0.1) is 11.7 Å². The molecule has 0 bridgehead atoms. The molecule has 2 aromatic carbocycles. The first-order valence-electron chi connectivity index (χ1n) is 15.2. The monoisotopic (exact) mass is 608 g/mol. The van der Waals surface area contributed by atoms with E-state index in [1.54, 1.807) is 53.1 Å². The molecule has 1 aromatic heterocycles. The Morgan fingerprint density at radius 3 is 2.23 bits per heavy atom. The normalized spacial score (nSPS) is 17.3. The molecule has 1 aliphatic rings. The minimum absolute atomic E-state index is 0.0191. The summed E-state index contributed by atoms with van der Waals surface area (Å²) in [5, 5.41) is 23.4. The van der Waals surface area contributed by atoms with Crippen molar-refractivity contribution in [3.63, 3.8) is 0 Å². The molecule has 238 valence electrons. The molecule has 4 rings (SSSR count). The van der Waals surface area contributed by atoms with Gasteiger partial charge in [-0.2, -0.15) is 0 Å². The Morgan fingerprint density at radius 1 is 1.00 bits per heavy atom. The second-order valence-electron chi connectivity index (χ2n) is 13.4. The molecule has 0 unspecified atom stereocenters. The lowest BCUT2D eigenvalue weighted by Gasteiger charge is -2.31. The summed E-state index contributed by atoms with van der Waals surface area (Å²) < 4.78 is 28.4. The summed E-state index contributed by atoms with van der Waals surface area (Å²) in [6.45, 7) is 10.6. The van der Waals surface area contributed by atoms with E-state index in [0.717, 1.165) is 12.8 Å². The SMILES string of the molecule is Cc1cc(F)cc(C)c1Oc1ccc(C(C)(C)O)cc1-c1cn(C)c(=O)cc1O[C@H]1CC[C@H](NC(=O)CC(C)(C)CO)CC1. The van der Waals surface area contributed by atoms with E-state index in [2.05, 4.69) is 5.32 Å². The maximum Gasteiger partial charge on any atom is 0.254 e. The molecule has 0 radical (unpaired) electrons. The number of nitrogens with one attached hydrogen (secondary N) is 1. The Morgan fingerprint density at radius 2 is 1.64 bits per heavy atom. The van der Waals surface area contributed by atoms with E-state index in [1.807, 2.05) is 19.9 Å². The van der Waals surface area contributed by atoms with Crippen molar-refractivity contribution in [2.75, 3.05) is 6.61 Å². The van der Waals surface area contributed by atoms with Gasteiger partial charge in [0.1, 0.15) is 23.1 Å². The highest BCUT2D eigenvalue weighted by Gasteiger charge is 2.28. The third-order valence-electron chi connectivity index (χ3n) is 8.20. The molecule has 3 aromatic rings. The highest BCUT2D eigenvalue weighted by Crippen LogP contribution is 2.42. The van der Waals surface area contributed by atoms with Crippen LogP contribution in [0.15, 0.2) is 47.4 Å². The number of hydrogen-bond donors (Lipinski definition) is 3. The average Bonchev–Trinajstić information content (AvgIpc) is 2.93. The van der Waals surface area contributed by atoms with E-state index >= 15 is 0 Å². The van der Waals surface area contributed by atoms with Crippen LogP contribution in [-0.2, 0) is 17.4 Å². The van der Waals surface area contributed by atoms with Crippen molar-refractivity contribution in [3.05, 3.63) is 75.5 Å². The molecular weight excluding hydrogens is 563 g/mol. The second-order valence-corrected chi connectivity index (χ2v) is 13.4. The van der Waals surface area contributed by atoms with E-state index in [1.165, 1.54) is 22.8 Å². The summed E-state index contributed by atoms with van der Waals surface area (Å²) in [6, 6.07) is 9.70. The number of benzene rings is 2. The van der Waals surface area contributed by atoms with E-state index < -0.39 is 11.0 Å². The van der Waals surface area contributed by atoms with Gasteiger partial charge in [-0.1, -0.05) is 19.9 Å². The number of aryl methyl sites for hydroxylation is 3. The number of amides is 1. The third kappa shape index (κ3) is 8.07. The number of carbonyl (C=O) groups is 1. The zero-order valence-corrected chi connectivity index (χ0v) is 26.8. The van der Waals surface area contributed by atoms with E-state index in [9.17, 15) is 24.2 Å². The Balaban J connectivity index is 1.64. The number of rotatable bonds is 10. The smallest absolute Gasteiger partial charge is 0.254 e. The van der Waals surface area contributed by atoms with Crippen LogP contribution in [-0.4, -0.2) is 39.4 Å². The number of carbonyl (C=O) groups excluding carboxylic acids is 1. The highest BCUT2D eigenvalue weighted by atomic mass is 19.1. The van der Waals surface area contributed by atoms with Crippen molar-refractivity contribution in [1.82, 2.24) is 9.88 Å². The van der Waals surface area contributed by atoms with E-state index in [0.29, 0.717) is 57.9 Å². The van der Waals surface area contributed by atoms with Crippen LogP contribution < -0.4 is 20.3 Å². The van der Waals surface area contributed by atoms with Crippen molar-refractivity contribution in [2.24, 2.45) is 12.5 Å². The number of pyridine rings is 1. The van der Waals surface area contributed by atoms with Crippen LogP contribution >= 0.6 is 0 Å². The van der Waals surface area contributed by atoms with E-state index in [-0.39, 0.29) is 42.5 Å². The van der Waals surface area contributed by atoms with Gasteiger partial charge in [0.2, 0.25) is 5.91 Å². The van der Waals surface area contributed by atoms with Crippen LogP contribution in [0.5, 0.6) is 17.2 Å². The molecule has 9 heteroatoms. The molecule has 1 heterocycles. The molecule has 3 N–H and O–H groups in total. The Kier molecular flexibility index (Phi) is 9.90. The zero-order valence-electron chi connectivity index (χ0n) is 26.8. The van der Waals surface area contributed by atoms with Crippen LogP contribution in [0.3, 0.4) is 0 Å². The fourth-order valence-corrected chi connectivity index (χ4v) is 5.56. The maximum absolute atomic E-state index is 14.0. The molecule has 8 nitrogen and oxygen atoms in total. The summed E-state index contributed by atoms with van der Waals surface area (Å²) in [6.07, 6.45) is 4.60. The third-order valence-corrected chi connectivity index (χ3v) is 8.20. The van der Waals surface area contributed by atoms with Crippen LogP contribution in [0.25, 0.3) is 11.1 Å². The predicted octanol–water partition coefficient (Wildman–Crippen LogP) is 6.04. The number of hydrogen-bond acceptors (Lipinski definition) is 6. The molecule has 0 aliphatic heterocycles. The Labute approximate surface area is 258 Å². The molecule has 1 amide bonds. The van der Waals surface area contributed by atoms with Crippen molar-refractivity contribution in [1.29, 1.82) is 0 Å². The fraction of sp³-hybridized carbons (Fsp3) is 0.486. The molecule has 0 spiro atoms. The van der Waals surface area contributed by atoms with Crippen molar-refractivity contribution in [3.8, 4) is 28.4 Å². The molecule has 44 heavy (non-hydrogen) atoms. The zero-order chi connectivity index (χ0) is 32.4. The average molecular weight is 609 g/mol. The fourth-order valence-electron chi connectivity index (χ4n) is 5.56. The van der Waals surface area contributed by atoms with Gasteiger partial charge < -0.3 is 29.6 Å². The number of nitrogens with zero attached hydrogens (tertiary/aromatic N) is 1. The summed E-state index contributed by atoms with van der Waals surface area (Å²) in [5.74, 6) is 0.973. The lowest BCUT2D eigenvalue weighted by Crippen LogP contribution is -2.41. The van der Waals surface area contributed by atoms with Crippen LogP contribution in [0.2, 0.25) is 0 Å². The first kappa shape index (κ1) is 33.2. The molecular formula is C35H45FN2O6. The van der Waals surface area contributed by atoms with Crippen LogP contribution in [0.1, 0.15) is 76.5 Å². The topological polar surface area (TPSA) is 110 Å². The van der Waals surface area contributed by atoms with Gasteiger partial charge in [-0.25, -0.2) is 4.39 Å². The molecule has 1 fully saturated rings. The van der Waals surface area contributed by atoms with Gasteiger partial charge in [-0.05, 0) is 99.7 Å². The van der Waals surface area contributed by atoms with Crippen molar-refractivity contribution in [2.45, 2.75) is 91.4 Å². The molecule has 0 saturated heterocycles. The van der Waals surface area contributed by atoms with Gasteiger partial charge in [0.25, 0.3) is 5.56 Å². The molecule has 1 saturated carbocycles. The van der Waals surface area contributed by atoms with Crippen molar-refractivity contribution >= 4 is 5.91 Å². The second kappa shape index (κ2) is 13.1. The standard InChI is InChI=1S/C35H45FN2O6/c1-21-14-24(36)15-22(2)33(21)44-29-13-8-23(35(5,6)42)16-27(29)28-19-38(7)32(41)17-30(28)43-26-11-9-25(10-12-26)37-31(40)18-34(3,4)20-39/h8,13-17,19,25-26,39,42H,9-12,18,20H2,1-7H3,(H,37,40)/t25-,26-. The summed E-state index contributed by atoms with van der Waals surface area (Å²) in [7, 11) is 1.66. The van der Waals surface area contributed by atoms with Crippen molar-refractivity contribution < 1.29 is 28.9 Å². The first-order chi connectivity index (χ1) is 20.6. The largest absolute Gasteiger partial charge is 0.490 e. The summed E-state index contributed by atoms with van der Waals surface area (Å²) in [4.78, 5) is 25.3. The highest BCUT2D eigenvalue weighted by molar-refractivity contribution is 5.77. The lowest BCUT2D eigenvalue weighted by atomic mass is 9.89. The number of aliphatic hydroxyl groups excluding tert-OH is 1. The van der Waals surface area contributed by atoms with Gasteiger partial charge in [-0.15, -0.1) is 0 Å². The lowest BCUT2D eigenvalue weighted by molar-refractivity contribution is -0.124. The van der Waals surface area contributed by atoms with Crippen LogP contribution in [0, 0.1) is 25.1 Å². The Bertz CT molecular complexity index is 1540. The molecule has 0 atom stereocenters. The first-order valence-corrected chi connectivity index (χ1v) is 15.2. The number of aliphatic hydroxyl groups is 2. The Hall–Kier alpha value is -3.69. The quantitative estimate of drug-likeness (QED) is 0.259. The van der Waals surface area contributed by atoms with E-state index in [4.69, 9.17) is 9.47 Å². The summed E-state index contributed by atoms with van der Waals surface area (Å²) in [5.41, 5.74) is 1.31. The maximum atomic E-state index is 14.0. The van der Waals surface area contributed by atoms with Gasteiger partial charge in [0.15, 0.2) is 0 Å².